The average molecular weight is 520 g/mol. The Morgan fingerprint density at radius 2 is 1.84 bits per heavy atom. The van der Waals surface area contributed by atoms with E-state index < -0.39 is 5.91 Å². The molecule has 4 aromatic rings. The van der Waals surface area contributed by atoms with Crippen LogP contribution in [0.3, 0.4) is 0 Å². The van der Waals surface area contributed by atoms with E-state index in [-0.39, 0.29) is 16.9 Å². The molecule has 0 spiro atoms. The molecule has 4 heterocycles. The van der Waals surface area contributed by atoms with Crippen LogP contribution in [0.4, 0.5) is 11.5 Å². The lowest BCUT2D eigenvalue weighted by Gasteiger charge is -2.30. The van der Waals surface area contributed by atoms with E-state index in [4.69, 9.17) is 25.6 Å². The normalized spacial score (nSPS) is 15.1. The zero-order valence-corrected chi connectivity index (χ0v) is 21.7. The number of carbonyl (C=O) groups excluding carboxylic acids is 1. The van der Waals surface area contributed by atoms with Gasteiger partial charge in [-0.3, -0.25) is 10.0 Å². The number of carbonyl (C=O) groups is 1. The van der Waals surface area contributed by atoms with E-state index >= 15 is 0 Å². The van der Waals surface area contributed by atoms with Crippen molar-refractivity contribution >= 4 is 39.0 Å². The number of hydroxylamine groups is 1. The summed E-state index contributed by atoms with van der Waals surface area (Å²) in [5.74, 6) is 1.47. The van der Waals surface area contributed by atoms with Gasteiger partial charge in [0.2, 0.25) is 0 Å². The smallest absolute Gasteiger partial charge is 0.277 e. The van der Waals surface area contributed by atoms with Crippen LogP contribution in [-0.4, -0.2) is 57.4 Å². The fourth-order valence-corrected chi connectivity index (χ4v) is 5.57. The Morgan fingerprint density at radius 3 is 2.49 bits per heavy atom. The number of nitrogens with one attached hydrogen (secondary N) is 1. The van der Waals surface area contributed by atoms with Gasteiger partial charge in [0.05, 0.1) is 29.0 Å². The van der Waals surface area contributed by atoms with Crippen LogP contribution in [0.1, 0.15) is 47.7 Å². The summed E-state index contributed by atoms with van der Waals surface area (Å²) in [6, 6.07) is 9.73. The van der Waals surface area contributed by atoms with E-state index in [0.29, 0.717) is 30.5 Å². The van der Waals surface area contributed by atoms with Gasteiger partial charge in [0.25, 0.3) is 5.91 Å². The number of hydrogen-bond donors (Lipinski definition) is 3. The third-order valence-electron chi connectivity index (χ3n) is 6.97. The molecule has 37 heavy (non-hydrogen) atoms. The highest BCUT2D eigenvalue weighted by Gasteiger charge is 2.34. The predicted molar refractivity (Wildman–Crippen MR) is 143 cm³/mol. The third-order valence-corrected chi connectivity index (χ3v) is 8.43. The van der Waals surface area contributed by atoms with Gasteiger partial charge in [-0.25, -0.2) is 25.4 Å². The maximum absolute atomic E-state index is 11.7. The molecule has 192 valence electrons. The van der Waals surface area contributed by atoms with Crippen molar-refractivity contribution in [3.8, 4) is 11.4 Å². The van der Waals surface area contributed by atoms with Crippen molar-refractivity contribution in [2.45, 2.75) is 32.1 Å². The number of ether oxygens (including phenoxy) is 1. The van der Waals surface area contributed by atoms with Gasteiger partial charge in [-0.2, -0.15) is 0 Å². The maximum Gasteiger partial charge on any atom is 0.277 e. The zero-order valence-electron chi connectivity index (χ0n) is 20.9. The second-order valence-electron chi connectivity index (χ2n) is 9.63. The standard InChI is InChI=1S/C26H29N7O3S/c1-15(22-28-13-17(14-29-22)25(34)32-35)26(2,3)20-12-19-21(37-20)24(33-8-10-36-11-9-33)31-23(30-19)16-4-6-18(27)7-5-16/h4-7,12-15,35H,8-11,27H2,1-3H3,(H,32,34). The van der Waals surface area contributed by atoms with Crippen molar-refractivity contribution in [3.05, 3.63) is 59.0 Å². The number of thiophene rings is 1. The highest BCUT2D eigenvalue weighted by Crippen LogP contribution is 2.44. The summed E-state index contributed by atoms with van der Waals surface area (Å²) in [6.07, 6.45) is 2.85. The van der Waals surface area contributed by atoms with Crippen LogP contribution in [0.15, 0.2) is 42.7 Å². The highest BCUT2D eigenvalue weighted by molar-refractivity contribution is 7.19. The SMILES string of the molecule is CC(c1ncc(C(=O)NO)cn1)C(C)(C)c1cc2nc(-c3ccc(N)cc3)nc(N3CCOCC3)c2s1. The van der Waals surface area contributed by atoms with E-state index in [2.05, 4.69) is 41.7 Å². The van der Waals surface area contributed by atoms with Crippen LogP contribution in [0.5, 0.6) is 0 Å². The summed E-state index contributed by atoms with van der Waals surface area (Å²) in [5, 5.41) is 8.85. The predicted octanol–water partition coefficient (Wildman–Crippen LogP) is 3.77. The van der Waals surface area contributed by atoms with Crippen LogP contribution in [0.2, 0.25) is 0 Å². The van der Waals surface area contributed by atoms with Crippen LogP contribution >= 0.6 is 11.3 Å². The lowest BCUT2D eigenvalue weighted by Crippen LogP contribution is -2.36. The number of rotatable bonds is 6. The molecular weight excluding hydrogens is 490 g/mol. The van der Waals surface area contributed by atoms with Crippen molar-refractivity contribution < 1.29 is 14.7 Å². The van der Waals surface area contributed by atoms with E-state index in [9.17, 15) is 4.79 Å². The number of aromatic nitrogens is 4. The molecule has 0 bridgehead atoms. The number of nitrogens with zero attached hydrogens (tertiary/aromatic N) is 5. The Bertz CT molecular complexity index is 1410. The minimum Gasteiger partial charge on any atom is -0.399 e. The number of morpholine rings is 1. The molecule has 11 heteroatoms. The highest BCUT2D eigenvalue weighted by atomic mass is 32.1. The van der Waals surface area contributed by atoms with Gasteiger partial charge in [0.1, 0.15) is 5.82 Å². The van der Waals surface area contributed by atoms with Crippen LogP contribution in [-0.2, 0) is 10.2 Å². The molecule has 1 saturated heterocycles. The molecule has 10 nitrogen and oxygen atoms in total. The number of fused-ring (bicyclic) bond motifs is 1. The Labute approximate surface area is 218 Å². The first kappa shape index (κ1) is 25.0. The van der Waals surface area contributed by atoms with Crippen molar-refractivity contribution in [2.24, 2.45) is 0 Å². The van der Waals surface area contributed by atoms with Gasteiger partial charge < -0.3 is 15.4 Å². The fourth-order valence-electron chi connectivity index (χ4n) is 4.26. The first-order valence-electron chi connectivity index (χ1n) is 12.0. The van der Waals surface area contributed by atoms with Crippen LogP contribution in [0.25, 0.3) is 21.6 Å². The van der Waals surface area contributed by atoms with Gasteiger partial charge >= 0.3 is 0 Å². The van der Waals surface area contributed by atoms with Crippen LogP contribution in [0, 0.1) is 0 Å². The first-order chi connectivity index (χ1) is 17.8. The number of nitrogen functional groups attached to an aromatic ring is 1. The molecule has 1 aromatic carbocycles. The molecule has 1 aliphatic heterocycles. The molecule has 0 aliphatic carbocycles. The van der Waals surface area contributed by atoms with Crippen molar-refractivity contribution in [3.63, 3.8) is 0 Å². The van der Waals surface area contributed by atoms with Gasteiger partial charge in [0.15, 0.2) is 11.6 Å². The zero-order chi connectivity index (χ0) is 26.2. The number of hydrogen-bond acceptors (Lipinski definition) is 10. The quantitative estimate of drug-likeness (QED) is 0.197. The topological polar surface area (TPSA) is 139 Å². The number of nitrogens with two attached hydrogens (primary N) is 1. The minimum atomic E-state index is -0.644. The summed E-state index contributed by atoms with van der Waals surface area (Å²) in [4.78, 5) is 33.8. The summed E-state index contributed by atoms with van der Waals surface area (Å²) < 4.78 is 6.62. The molecule has 1 atom stereocenters. The molecule has 1 fully saturated rings. The van der Waals surface area contributed by atoms with E-state index in [0.717, 1.165) is 39.6 Å². The molecule has 1 amide bonds. The minimum absolute atomic E-state index is 0.0665. The first-order valence-corrected chi connectivity index (χ1v) is 12.9. The largest absolute Gasteiger partial charge is 0.399 e. The third kappa shape index (κ3) is 4.85. The fraction of sp³-hybridized carbons (Fsp3) is 0.346. The molecule has 1 aliphatic rings. The maximum atomic E-state index is 11.7. The Balaban J connectivity index is 1.56. The van der Waals surface area contributed by atoms with Crippen molar-refractivity contribution in [1.29, 1.82) is 0 Å². The molecule has 0 saturated carbocycles. The molecule has 5 rings (SSSR count). The Kier molecular flexibility index (Phi) is 6.76. The average Bonchev–Trinajstić information content (AvgIpc) is 3.38. The van der Waals surface area contributed by atoms with Crippen molar-refractivity contribution in [2.75, 3.05) is 36.9 Å². The number of anilines is 2. The summed E-state index contributed by atoms with van der Waals surface area (Å²) in [6.45, 7) is 9.23. The van der Waals surface area contributed by atoms with E-state index in [1.807, 2.05) is 24.3 Å². The lowest BCUT2D eigenvalue weighted by molar-refractivity contribution is 0.0705. The second kappa shape index (κ2) is 10.0. The van der Waals surface area contributed by atoms with Crippen molar-refractivity contribution in [1.82, 2.24) is 25.4 Å². The van der Waals surface area contributed by atoms with E-state index in [1.165, 1.54) is 12.4 Å². The van der Waals surface area contributed by atoms with Crippen LogP contribution < -0.4 is 16.1 Å². The summed E-state index contributed by atoms with van der Waals surface area (Å²) >= 11 is 1.69. The van der Waals surface area contributed by atoms with Gasteiger partial charge in [-0.1, -0.05) is 20.8 Å². The number of benzene rings is 1. The Morgan fingerprint density at radius 1 is 1.16 bits per heavy atom. The van der Waals surface area contributed by atoms with E-state index in [1.54, 1.807) is 16.8 Å². The second-order valence-corrected chi connectivity index (χ2v) is 10.7. The molecule has 3 aromatic heterocycles. The number of amides is 1. The molecular formula is C26H29N7O3S. The Hall–Kier alpha value is -3.67. The molecule has 1 unspecified atom stereocenters. The lowest BCUT2D eigenvalue weighted by atomic mass is 9.78. The summed E-state index contributed by atoms with van der Waals surface area (Å²) in [7, 11) is 0. The molecule has 4 N–H and O–H groups in total. The molecule has 0 radical (unpaired) electrons. The van der Waals surface area contributed by atoms with Gasteiger partial charge in [0, 0.05) is 52.9 Å². The van der Waals surface area contributed by atoms with Gasteiger partial charge in [-0.05, 0) is 30.3 Å². The summed E-state index contributed by atoms with van der Waals surface area (Å²) in [5.41, 5.74) is 9.85. The monoisotopic (exact) mass is 519 g/mol. The van der Waals surface area contributed by atoms with Gasteiger partial charge in [-0.15, -0.1) is 11.3 Å².